The third-order valence-electron chi connectivity index (χ3n) is 4.66. The third kappa shape index (κ3) is 6.17. The van der Waals surface area contributed by atoms with E-state index in [9.17, 15) is 4.79 Å². The van der Waals surface area contributed by atoms with Gasteiger partial charge in [0.05, 0.1) is 14.2 Å². The quantitative estimate of drug-likeness (QED) is 0.598. The van der Waals surface area contributed by atoms with Gasteiger partial charge in [0.2, 0.25) is 0 Å². The van der Waals surface area contributed by atoms with Gasteiger partial charge in [-0.15, -0.1) is 0 Å². The van der Waals surface area contributed by atoms with Crippen molar-refractivity contribution in [3.8, 4) is 11.5 Å². The van der Waals surface area contributed by atoms with Crippen LogP contribution in [0.3, 0.4) is 0 Å². The van der Waals surface area contributed by atoms with Gasteiger partial charge in [0.25, 0.3) is 0 Å². The van der Waals surface area contributed by atoms with Crippen LogP contribution in [0.25, 0.3) is 0 Å². The molecule has 8 heteroatoms. The number of ether oxygens (including phenoxy) is 3. The molecule has 162 valence electrons. The summed E-state index contributed by atoms with van der Waals surface area (Å²) >= 11 is 0. The summed E-state index contributed by atoms with van der Waals surface area (Å²) in [5.74, 6) is 2.30. The van der Waals surface area contributed by atoms with Crippen LogP contribution >= 0.6 is 0 Å². The molecular weight excluding hydrogens is 372 g/mol. The largest absolute Gasteiger partial charge is 0.493 e. The minimum absolute atomic E-state index is 0.331. The monoisotopic (exact) mass is 406 g/mol. The zero-order chi connectivity index (χ0) is 21.6. The van der Waals surface area contributed by atoms with E-state index in [1.807, 2.05) is 26.8 Å². The van der Waals surface area contributed by atoms with Gasteiger partial charge in [0.1, 0.15) is 5.60 Å². The Labute approximate surface area is 173 Å². The minimum Gasteiger partial charge on any atom is -0.493 e. The lowest BCUT2D eigenvalue weighted by Crippen LogP contribution is -2.46. The van der Waals surface area contributed by atoms with E-state index < -0.39 is 5.60 Å². The predicted octanol–water partition coefficient (Wildman–Crippen LogP) is 2.50. The Kier molecular flexibility index (Phi) is 7.59. The maximum atomic E-state index is 12.1. The van der Waals surface area contributed by atoms with Gasteiger partial charge in [-0.3, -0.25) is 4.99 Å². The molecule has 0 unspecified atom stereocenters. The van der Waals surface area contributed by atoms with E-state index in [2.05, 4.69) is 21.3 Å². The Morgan fingerprint density at radius 3 is 2.38 bits per heavy atom. The topological polar surface area (TPSA) is 75.6 Å². The molecule has 0 saturated heterocycles. The number of carbonyl (C=O) groups excluding carboxylic acids is 1. The first-order chi connectivity index (χ1) is 13.7. The zero-order valence-corrected chi connectivity index (χ0v) is 18.7. The van der Waals surface area contributed by atoms with E-state index in [1.165, 1.54) is 11.1 Å². The van der Waals surface area contributed by atoms with Crippen LogP contribution in [0.15, 0.2) is 17.1 Å². The van der Waals surface area contributed by atoms with Crippen molar-refractivity contribution in [2.24, 2.45) is 4.99 Å². The second-order valence-electron chi connectivity index (χ2n) is 8.02. The van der Waals surface area contributed by atoms with Gasteiger partial charge < -0.3 is 29.3 Å². The lowest BCUT2D eigenvalue weighted by Gasteiger charge is -2.32. The minimum atomic E-state index is -0.500. The molecule has 1 heterocycles. The smallest absolute Gasteiger partial charge is 0.410 e. The number of fused-ring (bicyclic) bond motifs is 1. The second kappa shape index (κ2) is 9.71. The summed E-state index contributed by atoms with van der Waals surface area (Å²) in [6, 6.07) is 4.08. The lowest BCUT2D eigenvalue weighted by atomic mass is 9.99. The van der Waals surface area contributed by atoms with Crippen LogP contribution in [0.4, 0.5) is 4.79 Å². The van der Waals surface area contributed by atoms with Gasteiger partial charge in [-0.1, -0.05) is 0 Å². The fourth-order valence-electron chi connectivity index (χ4n) is 3.16. The molecule has 0 aromatic heterocycles. The Morgan fingerprint density at radius 1 is 1.21 bits per heavy atom. The molecule has 0 radical (unpaired) electrons. The molecular formula is C21H34N4O4. The summed E-state index contributed by atoms with van der Waals surface area (Å²) in [5, 5.41) is 3.34. The number of hydrogen-bond acceptors (Lipinski definition) is 5. The van der Waals surface area contributed by atoms with Crippen LogP contribution in [0.5, 0.6) is 11.5 Å². The van der Waals surface area contributed by atoms with Crippen molar-refractivity contribution in [1.29, 1.82) is 0 Å². The first-order valence-corrected chi connectivity index (χ1v) is 9.82. The number of benzene rings is 1. The number of nitrogens with one attached hydrogen (secondary N) is 1. The van der Waals surface area contributed by atoms with Crippen molar-refractivity contribution in [1.82, 2.24) is 15.1 Å². The highest BCUT2D eigenvalue weighted by molar-refractivity contribution is 5.80. The summed E-state index contributed by atoms with van der Waals surface area (Å²) in [7, 11) is 6.80. The van der Waals surface area contributed by atoms with Gasteiger partial charge in [0.15, 0.2) is 17.5 Å². The highest BCUT2D eigenvalue weighted by Crippen LogP contribution is 2.33. The number of aliphatic imine (C=N–C) groups is 1. The van der Waals surface area contributed by atoms with E-state index in [0.29, 0.717) is 13.1 Å². The molecule has 1 aliphatic rings. The number of carbonyl (C=O) groups is 1. The van der Waals surface area contributed by atoms with Gasteiger partial charge in [-0.2, -0.15) is 0 Å². The first kappa shape index (κ1) is 22.6. The molecule has 1 aliphatic heterocycles. The molecule has 1 aromatic carbocycles. The van der Waals surface area contributed by atoms with Crippen LogP contribution in [0.2, 0.25) is 0 Å². The maximum Gasteiger partial charge on any atom is 0.410 e. The Bertz CT molecular complexity index is 743. The lowest BCUT2D eigenvalue weighted by molar-refractivity contribution is 0.0302. The van der Waals surface area contributed by atoms with Crippen molar-refractivity contribution in [3.63, 3.8) is 0 Å². The molecule has 0 spiro atoms. The van der Waals surface area contributed by atoms with E-state index >= 15 is 0 Å². The molecule has 8 nitrogen and oxygen atoms in total. The molecule has 2 rings (SSSR count). The van der Waals surface area contributed by atoms with E-state index in [1.54, 1.807) is 33.2 Å². The highest BCUT2D eigenvalue weighted by Gasteiger charge is 2.22. The highest BCUT2D eigenvalue weighted by atomic mass is 16.6. The van der Waals surface area contributed by atoms with Crippen LogP contribution in [-0.2, 0) is 17.7 Å². The summed E-state index contributed by atoms with van der Waals surface area (Å²) in [6.45, 7) is 8.26. The van der Waals surface area contributed by atoms with Crippen molar-refractivity contribution in [2.75, 3.05) is 47.9 Å². The molecule has 0 atom stereocenters. The summed E-state index contributed by atoms with van der Waals surface area (Å²) in [5.41, 5.74) is 1.96. The van der Waals surface area contributed by atoms with Crippen molar-refractivity contribution >= 4 is 12.1 Å². The number of guanidine groups is 1. The zero-order valence-electron chi connectivity index (χ0n) is 18.7. The van der Waals surface area contributed by atoms with Crippen molar-refractivity contribution < 1.29 is 19.0 Å². The van der Waals surface area contributed by atoms with E-state index in [0.717, 1.165) is 37.0 Å². The average molecular weight is 407 g/mol. The number of rotatable bonds is 5. The van der Waals surface area contributed by atoms with Crippen molar-refractivity contribution in [2.45, 2.75) is 39.3 Å². The fourth-order valence-corrected chi connectivity index (χ4v) is 3.16. The predicted molar refractivity (Wildman–Crippen MR) is 114 cm³/mol. The van der Waals surface area contributed by atoms with Crippen LogP contribution in [-0.4, -0.2) is 75.4 Å². The molecule has 1 amide bonds. The number of hydrogen-bond donors (Lipinski definition) is 1. The number of likely N-dealkylation sites (N-methyl/N-ethyl adjacent to an activating group) is 1. The standard InChI is InChI=1S/C21H34N4O4/c1-21(2,3)29-20(26)24(5)11-9-23-19(22-4)25-10-8-15-12-17(27-6)18(28-7)13-16(15)14-25/h12-13H,8-11,14H2,1-7H3,(H,22,23). The van der Waals surface area contributed by atoms with Crippen LogP contribution in [0.1, 0.15) is 31.9 Å². The SMILES string of the molecule is CN=C(NCCN(C)C(=O)OC(C)(C)C)N1CCc2cc(OC)c(OC)cc2C1. The molecule has 1 N–H and O–H groups in total. The summed E-state index contributed by atoms with van der Waals surface area (Å²) in [4.78, 5) is 20.2. The molecule has 0 saturated carbocycles. The van der Waals surface area contributed by atoms with Gasteiger partial charge in [0, 0.05) is 40.3 Å². The molecule has 0 aliphatic carbocycles. The molecule has 1 aromatic rings. The fraction of sp³-hybridized carbons (Fsp3) is 0.619. The maximum absolute atomic E-state index is 12.1. The Morgan fingerprint density at radius 2 is 1.83 bits per heavy atom. The van der Waals surface area contributed by atoms with E-state index in [4.69, 9.17) is 14.2 Å². The van der Waals surface area contributed by atoms with Gasteiger partial charge in [-0.05, 0) is 50.5 Å². The normalized spacial score (nSPS) is 14.2. The van der Waals surface area contributed by atoms with E-state index in [-0.39, 0.29) is 6.09 Å². The molecule has 0 bridgehead atoms. The summed E-state index contributed by atoms with van der Waals surface area (Å²) in [6.07, 6.45) is 0.566. The molecule has 0 fully saturated rings. The Hall–Kier alpha value is -2.64. The Balaban J connectivity index is 1.94. The number of amides is 1. The summed E-state index contributed by atoms with van der Waals surface area (Å²) < 4.78 is 16.2. The van der Waals surface area contributed by atoms with Crippen molar-refractivity contribution in [3.05, 3.63) is 23.3 Å². The second-order valence-corrected chi connectivity index (χ2v) is 8.02. The van der Waals surface area contributed by atoms with Crippen LogP contribution < -0.4 is 14.8 Å². The average Bonchev–Trinajstić information content (AvgIpc) is 2.68. The third-order valence-corrected chi connectivity index (χ3v) is 4.66. The van der Waals surface area contributed by atoms with Crippen LogP contribution in [0, 0.1) is 0 Å². The molecule has 29 heavy (non-hydrogen) atoms. The first-order valence-electron chi connectivity index (χ1n) is 9.82. The number of methoxy groups -OCH3 is 2. The van der Waals surface area contributed by atoms with Gasteiger partial charge in [-0.25, -0.2) is 4.79 Å². The van der Waals surface area contributed by atoms with Gasteiger partial charge >= 0.3 is 6.09 Å². The number of nitrogens with zero attached hydrogens (tertiary/aromatic N) is 3.